The first-order valence-electron chi connectivity index (χ1n) is 7.85. The molecular formula is C20H23NO4. The van der Waals surface area contributed by atoms with Gasteiger partial charge in [-0.2, -0.15) is 0 Å². The van der Waals surface area contributed by atoms with Gasteiger partial charge in [0.05, 0.1) is 21.3 Å². The topological polar surface area (TPSA) is 56.8 Å². The van der Waals surface area contributed by atoms with E-state index in [4.69, 9.17) is 14.2 Å². The van der Waals surface area contributed by atoms with E-state index in [1.807, 2.05) is 32.0 Å². The zero-order valence-electron chi connectivity index (χ0n) is 15.2. The Kier molecular flexibility index (Phi) is 6.06. The Morgan fingerprint density at radius 1 is 0.960 bits per heavy atom. The summed E-state index contributed by atoms with van der Waals surface area (Å²) >= 11 is 0. The number of nitrogens with one attached hydrogen (secondary N) is 1. The highest BCUT2D eigenvalue weighted by molar-refractivity contribution is 6.02. The fraction of sp³-hybridized carbons (Fsp3) is 0.250. The van der Waals surface area contributed by atoms with Crippen molar-refractivity contribution in [2.75, 3.05) is 26.6 Å². The monoisotopic (exact) mass is 341 g/mol. The number of ether oxygens (including phenoxy) is 3. The van der Waals surface area contributed by atoms with Crippen LogP contribution in [0.1, 0.15) is 16.7 Å². The van der Waals surface area contributed by atoms with Gasteiger partial charge in [-0.3, -0.25) is 4.79 Å². The van der Waals surface area contributed by atoms with Crippen molar-refractivity contribution in [2.24, 2.45) is 0 Å². The molecule has 0 heterocycles. The van der Waals surface area contributed by atoms with Gasteiger partial charge in [0, 0.05) is 11.8 Å². The van der Waals surface area contributed by atoms with E-state index in [1.165, 1.54) is 6.08 Å². The molecule has 0 bridgehead atoms. The number of amides is 1. The van der Waals surface area contributed by atoms with Crippen molar-refractivity contribution in [1.29, 1.82) is 0 Å². The van der Waals surface area contributed by atoms with Crippen LogP contribution in [-0.4, -0.2) is 27.2 Å². The zero-order chi connectivity index (χ0) is 18.4. The average Bonchev–Trinajstić information content (AvgIpc) is 2.62. The van der Waals surface area contributed by atoms with E-state index in [1.54, 1.807) is 39.5 Å². The molecule has 0 aliphatic rings. The summed E-state index contributed by atoms with van der Waals surface area (Å²) in [7, 11) is 4.66. The second-order valence-corrected chi connectivity index (χ2v) is 5.55. The second kappa shape index (κ2) is 8.24. The van der Waals surface area contributed by atoms with Crippen LogP contribution in [0, 0.1) is 13.8 Å². The first-order valence-corrected chi connectivity index (χ1v) is 7.85. The molecule has 0 saturated carbocycles. The Balaban J connectivity index is 2.22. The summed E-state index contributed by atoms with van der Waals surface area (Å²) in [6, 6.07) is 9.46. The number of carbonyl (C=O) groups is 1. The number of rotatable bonds is 6. The molecular weight excluding hydrogens is 318 g/mol. The molecule has 0 spiro atoms. The van der Waals surface area contributed by atoms with Gasteiger partial charge in [-0.15, -0.1) is 0 Å². The van der Waals surface area contributed by atoms with Gasteiger partial charge >= 0.3 is 0 Å². The number of aryl methyl sites for hydroxylation is 2. The van der Waals surface area contributed by atoms with E-state index in [-0.39, 0.29) is 5.91 Å². The highest BCUT2D eigenvalue weighted by atomic mass is 16.5. The van der Waals surface area contributed by atoms with Crippen LogP contribution in [0.15, 0.2) is 36.4 Å². The van der Waals surface area contributed by atoms with E-state index >= 15 is 0 Å². The summed E-state index contributed by atoms with van der Waals surface area (Å²) in [5.74, 6) is 1.39. The molecule has 0 unspecified atom stereocenters. The predicted molar refractivity (Wildman–Crippen MR) is 99.7 cm³/mol. The second-order valence-electron chi connectivity index (χ2n) is 5.55. The molecule has 0 saturated heterocycles. The maximum Gasteiger partial charge on any atom is 0.248 e. The fourth-order valence-corrected chi connectivity index (χ4v) is 2.55. The minimum atomic E-state index is -0.203. The van der Waals surface area contributed by atoms with Gasteiger partial charge < -0.3 is 19.5 Å². The lowest BCUT2D eigenvalue weighted by molar-refractivity contribution is -0.111. The van der Waals surface area contributed by atoms with Crippen LogP contribution in [0.25, 0.3) is 6.08 Å². The third kappa shape index (κ3) is 4.32. The molecule has 0 fully saturated rings. The Bertz CT molecular complexity index is 751. The molecule has 0 aliphatic carbocycles. The van der Waals surface area contributed by atoms with Crippen molar-refractivity contribution in [3.8, 4) is 17.2 Å². The molecule has 0 atom stereocenters. The van der Waals surface area contributed by atoms with Crippen LogP contribution in [0.2, 0.25) is 0 Å². The van der Waals surface area contributed by atoms with E-state index in [2.05, 4.69) is 5.32 Å². The molecule has 132 valence electrons. The third-order valence-corrected chi connectivity index (χ3v) is 3.84. The molecule has 5 heteroatoms. The van der Waals surface area contributed by atoms with Gasteiger partial charge in [0.25, 0.3) is 0 Å². The van der Waals surface area contributed by atoms with Gasteiger partial charge in [-0.25, -0.2) is 0 Å². The number of hydrogen-bond acceptors (Lipinski definition) is 4. The molecule has 1 amide bonds. The van der Waals surface area contributed by atoms with Crippen molar-refractivity contribution < 1.29 is 19.0 Å². The minimum Gasteiger partial charge on any atom is -0.493 e. The molecule has 25 heavy (non-hydrogen) atoms. The Labute approximate surface area is 148 Å². The molecule has 0 aliphatic heterocycles. The molecule has 2 aromatic rings. The summed E-state index contributed by atoms with van der Waals surface area (Å²) in [4.78, 5) is 12.2. The van der Waals surface area contributed by atoms with Crippen molar-refractivity contribution in [3.63, 3.8) is 0 Å². The maximum absolute atomic E-state index is 12.2. The summed E-state index contributed by atoms with van der Waals surface area (Å²) in [6.07, 6.45) is 3.18. The minimum absolute atomic E-state index is 0.203. The number of para-hydroxylation sites is 1. The van der Waals surface area contributed by atoms with E-state index in [0.717, 1.165) is 22.4 Å². The SMILES string of the molecule is COc1cc(/C=C/C(=O)Nc2c(C)cccc2C)cc(OC)c1OC. The molecule has 0 aromatic heterocycles. The Morgan fingerprint density at radius 2 is 1.52 bits per heavy atom. The smallest absolute Gasteiger partial charge is 0.248 e. The summed E-state index contributed by atoms with van der Waals surface area (Å²) in [5, 5.41) is 2.92. The molecule has 0 radical (unpaired) electrons. The lowest BCUT2D eigenvalue weighted by Crippen LogP contribution is -2.10. The van der Waals surface area contributed by atoms with Crippen molar-refractivity contribution >= 4 is 17.7 Å². The Hall–Kier alpha value is -2.95. The highest BCUT2D eigenvalue weighted by Gasteiger charge is 2.12. The lowest BCUT2D eigenvalue weighted by atomic mass is 10.1. The summed E-state index contributed by atoms with van der Waals surface area (Å²) < 4.78 is 15.9. The number of hydrogen-bond donors (Lipinski definition) is 1. The number of anilines is 1. The van der Waals surface area contributed by atoms with Gasteiger partial charge in [0.15, 0.2) is 11.5 Å². The normalized spacial score (nSPS) is 10.6. The zero-order valence-corrected chi connectivity index (χ0v) is 15.2. The van der Waals surface area contributed by atoms with Gasteiger partial charge in [-0.1, -0.05) is 18.2 Å². The van der Waals surface area contributed by atoms with Crippen LogP contribution >= 0.6 is 0 Å². The average molecular weight is 341 g/mol. The first-order chi connectivity index (χ1) is 12.0. The number of carbonyl (C=O) groups excluding carboxylic acids is 1. The van der Waals surface area contributed by atoms with Crippen molar-refractivity contribution in [2.45, 2.75) is 13.8 Å². The maximum atomic E-state index is 12.2. The van der Waals surface area contributed by atoms with Gasteiger partial charge in [0.1, 0.15) is 0 Å². The van der Waals surface area contributed by atoms with E-state index < -0.39 is 0 Å². The largest absolute Gasteiger partial charge is 0.493 e. The molecule has 2 aromatic carbocycles. The van der Waals surface area contributed by atoms with Crippen LogP contribution in [0.3, 0.4) is 0 Å². The highest BCUT2D eigenvalue weighted by Crippen LogP contribution is 2.38. The standard InChI is InChI=1S/C20H23NO4/c1-13-7-6-8-14(2)19(13)21-18(22)10-9-15-11-16(23-3)20(25-5)17(12-15)24-4/h6-12H,1-5H3,(H,21,22)/b10-9+. The number of methoxy groups -OCH3 is 3. The van der Waals surface area contributed by atoms with Crippen LogP contribution in [0.5, 0.6) is 17.2 Å². The Morgan fingerprint density at radius 3 is 2.00 bits per heavy atom. The lowest BCUT2D eigenvalue weighted by Gasteiger charge is -2.13. The van der Waals surface area contributed by atoms with Crippen LogP contribution in [-0.2, 0) is 4.79 Å². The number of benzene rings is 2. The van der Waals surface area contributed by atoms with Gasteiger partial charge in [0.2, 0.25) is 11.7 Å². The van der Waals surface area contributed by atoms with Crippen LogP contribution < -0.4 is 19.5 Å². The predicted octanol–water partition coefficient (Wildman–Crippen LogP) is 3.98. The quantitative estimate of drug-likeness (QED) is 0.808. The molecule has 5 nitrogen and oxygen atoms in total. The molecule has 1 N–H and O–H groups in total. The van der Waals surface area contributed by atoms with Crippen molar-refractivity contribution in [3.05, 3.63) is 53.1 Å². The third-order valence-electron chi connectivity index (χ3n) is 3.84. The van der Waals surface area contributed by atoms with Crippen molar-refractivity contribution in [1.82, 2.24) is 0 Å². The fourth-order valence-electron chi connectivity index (χ4n) is 2.55. The van der Waals surface area contributed by atoms with E-state index in [0.29, 0.717) is 17.2 Å². The van der Waals surface area contributed by atoms with Crippen LogP contribution in [0.4, 0.5) is 5.69 Å². The summed E-state index contributed by atoms with van der Waals surface area (Å²) in [6.45, 7) is 3.93. The van der Waals surface area contributed by atoms with E-state index in [9.17, 15) is 4.79 Å². The summed E-state index contributed by atoms with van der Waals surface area (Å²) in [5.41, 5.74) is 3.65. The molecule has 2 rings (SSSR count). The first kappa shape index (κ1) is 18.4. The van der Waals surface area contributed by atoms with Gasteiger partial charge in [-0.05, 0) is 48.7 Å².